The predicted octanol–water partition coefficient (Wildman–Crippen LogP) is 2.92. The molecule has 0 saturated carbocycles. The topological polar surface area (TPSA) is 69.0 Å². The molecule has 2 rings (SSSR count). The summed E-state index contributed by atoms with van der Waals surface area (Å²) in [6.45, 7) is 4.03. The molecule has 7 nitrogen and oxygen atoms in total. The van der Waals surface area contributed by atoms with Crippen LogP contribution in [-0.2, 0) is 20.1 Å². The molecule has 2 aromatic rings. The number of ether oxygens (including phenoxy) is 3. The number of halogens is 1. The number of methoxy groups -OCH3 is 3. The molecule has 0 saturated heterocycles. The van der Waals surface area contributed by atoms with Crippen molar-refractivity contribution in [3.8, 4) is 17.2 Å². The first-order valence-corrected chi connectivity index (χ1v) is 8.53. The number of nitrogens with zero attached hydrogens (tertiary/aromatic N) is 2. The third kappa shape index (κ3) is 6.53. The van der Waals surface area contributed by atoms with E-state index in [1.807, 2.05) is 36.9 Å². The monoisotopic (exact) mass is 488 g/mol. The zero-order chi connectivity index (χ0) is 18.9. The highest BCUT2D eigenvalue weighted by Gasteiger charge is 2.13. The number of guanidine groups is 1. The fraction of sp³-hybridized carbons (Fsp3) is 0.421. The summed E-state index contributed by atoms with van der Waals surface area (Å²) < 4.78 is 18.2. The van der Waals surface area contributed by atoms with Crippen LogP contribution in [0.15, 0.2) is 35.6 Å². The second-order valence-corrected chi connectivity index (χ2v) is 5.77. The van der Waals surface area contributed by atoms with Gasteiger partial charge in [-0.25, -0.2) is 4.99 Å². The van der Waals surface area contributed by atoms with Crippen molar-refractivity contribution in [3.05, 3.63) is 41.7 Å². The maximum absolute atomic E-state index is 5.39. The van der Waals surface area contributed by atoms with Crippen LogP contribution in [0.5, 0.6) is 17.2 Å². The van der Waals surface area contributed by atoms with Crippen molar-refractivity contribution in [3.63, 3.8) is 0 Å². The van der Waals surface area contributed by atoms with Gasteiger partial charge in [0.25, 0.3) is 0 Å². The van der Waals surface area contributed by atoms with E-state index >= 15 is 0 Å². The molecule has 1 aromatic carbocycles. The average molecular weight is 488 g/mol. The molecule has 0 aliphatic carbocycles. The van der Waals surface area contributed by atoms with Crippen LogP contribution in [0.1, 0.15) is 18.1 Å². The summed E-state index contributed by atoms with van der Waals surface area (Å²) in [5, 5.41) is 6.59. The molecule has 0 atom stereocenters. The third-order valence-corrected chi connectivity index (χ3v) is 3.84. The Morgan fingerprint density at radius 3 is 2.19 bits per heavy atom. The van der Waals surface area contributed by atoms with Crippen LogP contribution in [-0.4, -0.2) is 38.4 Å². The minimum absolute atomic E-state index is 0. The lowest BCUT2D eigenvalue weighted by Crippen LogP contribution is -2.36. The van der Waals surface area contributed by atoms with Crippen molar-refractivity contribution in [1.29, 1.82) is 0 Å². The molecule has 0 amide bonds. The highest BCUT2D eigenvalue weighted by Crippen LogP contribution is 2.38. The Morgan fingerprint density at radius 2 is 1.70 bits per heavy atom. The number of hydrogen-bond donors (Lipinski definition) is 2. The van der Waals surface area contributed by atoms with Gasteiger partial charge in [-0.1, -0.05) is 0 Å². The smallest absolute Gasteiger partial charge is 0.203 e. The third-order valence-electron chi connectivity index (χ3n) is 3.84. The summed E-state index contributed by atoms with van der Waals surface area (Å²) in [7, 11) is 6.81. The first-order valence-electron chi connectivity index (χ1n) is 8.53. The molecular weight excluding hydrogens is 459 g/mol. The van der Waals surface area contributed by atoms with Crippen molar-refractivity contribution in [1.82, 2.24) is 15.2 Å². The molecule has 0 radical (unpaired) electrons. The van der Waals surface area contributed by atoms with Crippen molar-refractivity contribution in [2.75, 3.05) is 27.9 Å². The van der Waals surface area contributed by atoms with Crippen LogP contribution >= 0.6 is 24.0 Å². The van der Waals surface area contributed by atoms with E-state index in [1.54, 1.807) is 21.3 Å². The summed E-state index contributed by atoms with van der Waals surface area (Å²) >= 11 is 0. The molecule has 0 unspecified atom stereocenters. The van der Waals surface area contributed by atoms with Crippen molar-refractivity contribution in [2.24, 2.45) is 12.0 Å². The maximum Gasteiger partial charge on any atom is 0.203 e. The fourth-order valence-electron chi connectivity index (χ4n) is 2.59. The number of benzene rings is 1. The Hall–Kier alpha value is -2.10. The molecule has 150 valence electrons. The van der Waals surface area contributed by atoms with Crippen LogP contribution in [0.3, 0.4) is 0 Å². The fourth-order valence-corrected chi connectivity index (χ4v) is 2.59. The van der Waals surface area contributed by atoms with Gasteiger partial charge in [-0.15, -0.1) is 24.0 Å². The first kappa shape index (κ1) is 22.9. The number of hydrogen-bond acceptors (Lipinski definition) is 4. The van der Waals surface area contributed by atoms with Crippen molar-refractivity contribution in [2.45, 2.75) is 20.0 Å². The summed E-state index contributed by atoms with van der Waals surface area (Å²) in [4.78, 5) is 4.65. The second kappa shape index (κ2) is 11.6. The van der Waals surface area contributed by atoms with E-state index in [2.05, 4.69) is 27.9 Å². The average Bonchev–Trinajstić information content (AvgIpc) is 3.08. The van der Waals surface area contributed by atoms with Gasteiger partial charge < -0.3 is 29.4 Å². The van der Waals surface area contributed by atoms with Crippen molar-refractivity contribution >= 4 is 29.9 Å². The van der Waals surface area contributed by atoms with Crippen LogP contribution in [0.2, 0.25) is 0 Å². The number of rotatable bonds is 8. The maximum atomic E-state index is 5.39. The predicted molar refractivity (Wildman–Crippen MR) is 119 cm³/mol. The van der Waals surface area contributed by atoms with Crippen LogP contribution < -0.4 is 24.8 Å². The molecule has 0 spiro atoms. The van der Waals surface area contributed by atoms with E-state index in [0.29, 0.717) is 30.3 Å². The zero-order valence-electron chi connectivity index (χ0n) is 16.5. The Morgan fingerprint density at radius 1 is 1.04 bits per heavy atom. The molecule has 0 aliphatic heterocycles. The molecule has 2 N–H and O–H groups in total. The van der Waals surface area contributed by atoms with Gasteiger partial charge in [-0.3, -0.25) is 0 Å². The van der Waals surface area contributed by atoms with E-state index in [1.165, 1.54) is 5.56 Å². The summed E-state index contributed by atoms with van der Waals surface area (Å²) in [6.07, 6.45) is 4.10. The zero-order valence-corrected chi connectivity index (χ0v) is 18.9. The molecule has 0 bridgehead atoms. The quantitative estimate of drug-likeness (QED) is 0.340. The first-order chi connectivity index (χ1) is 12.6. The van der Waals surface area contributed by atoms with Gasteiger partial charge in [0.2, 0.25) is 5.75 Å². The van der Waals surface area contributed by atoms with Crippen LogP contribution in [0, 0.1) is 0 Å². The van der Waals surface area contributed by atoms with Gasteiger partial charge in [0.1, 0.15) is 0 Å². The van der Waals surface area contributed by atoms with E-state index in [-0.39, 0.29) is 24.0 Å². The van der Waals surface area contributed by atoms with Gasteiger partial charge in [-0.2, -0.15) is 0 Å². The van der Waals surface area contributed by atoms with Gasteiger partial charge >= 0.3 is 0 Å². The van der Waals surface area contributed by atoms with Gasteiger partial charge in [-0.05, 0) is 36.2 Å². The van der Waals surface area contributed by atoms with Crippen LogP contribution in [0.4, 0.5) is 0 Å². The van der Waals surface area contributed by atoms with Gasteiger partial charge in [0.05, 0.1) is 27.9 Å². The molecule has 0 fully saturated rings. The number of aromatic nitrogens is 1. The summed E-state index contributed by atoms with van der Waals surface area (Å²) in [6, 6.07) is 5.90. The molecule has 8 heteroatoms. The van der Waals surface area contributed by atoms with E-state index in [0.717, 1.165) is 18.1 Å². The Kier molecular flexibility index (Phi) is 9.84. The van der Waals surface area contributed by atoms with E-state index < -0.39 is 0 Å². The minimum Gasteiger partial charge on any atom is -0.493 e. The Labute approximate surface area is 178 Å². The minimum atomic E-state index is 0. The van der Waals surface area contributed by atoms with Crippen LogP contribution in [0.25, 0.3) is 0 Å². The molecule has 27 heavy (non-hydrogen) atoms. The Balaban J connectivity index is 0.00000364. The van der Waals surface area contributed by atoms with E-state index in [9.17, 15) is 0 Å². The molecule has 1 aromatic heterocycles. The van der Waals surface area contributed by atoms with Gasteiger partial charge in [0, 0.05) is 32.5 Å². The van der Waals surface area contributed by atoms with E-state index in [4.69, 9.17) is 14.2 Å². The number of aryl methyl sites for hydroxylation is 1. The molecular formula is C19H29IN4O3. The molecule has 0 aliphatic rings. The second-order valence-electron chi connectivity index (χ2n) is 5.77. The highest BCUT2D eigenvalue weighted by atomic mass is 127. The lowest BCUT2D eigenvalue weighted by molar-refractivity contribution is 0.324. The lowest BCUT2D eigenvalue weighted by Gasteiger charge is -2.14. The normalized spacial score (nSPS) is 10.8. The summed E-state index contributed by atoms with van der Waals surface area (Å²) in [5.74, 6) is 2.58. The highest BCUT2D eigenvalue weighted by molar-refractivity contribution is 14.0. The molecule has 1 heterocycles. The number of nitrogens with one attached hydrogen (secondary N) is 2. The number of aliphatic imine (C=N–C) groups is 1. The Bertz CT molecular complexity index is 721. The summed E-state index contributed by atoms with van der Waals surface area (Å²) in [5.41, 5.74) is 2.17. The standard InChI is InChI=1S/C19H28N4O3.HI/c1-6-20-19(21-11-14-7-8-23(2)13-14)22-12-15-9-16(24-3)18(26-5)17(10-15)25-4;/h7-10,13H,6,11-12H2,1-5H3,(H2,20,21,22);1H. The SMILES string of the molecule is CCNC(=NCc1cc(OC)c(OC)c(OC)c1)NCc1ccn(C)c1.I. The largest absolute Gasteiger partial charge is 0.493 e. The van der Waals surface area contributed by atoms with Gasteiger partial charge in [0.15, 0.2) is 17.5 Å². The lowest BCUT2D eigenvalue weighted by atomic mass is 10.2. The van der Waals surface area contributed by atoms with Crippen molar-refractivity contribution < 1.29 is 14.2 Å².